The third kappa shape index (κ3) is 3.39. The number of carbonyl (C=O) groups excluding carboxylic acids is 1. The number of nitrogens with zero attached hydrogens (tertiary/aromatic N) is 1. The van der Waals surface area contributed by atoms with Crippen LogP contribution in [0.25, 0.3) is 0 Å². The number of carbonyl (C=O) groups is 1. The molecule has 0 aliphatic heterocycles. The molecule has 6 nitrogen and oxygen atoms in total. The van der Waals surface area contributed by atoms with E-state index in [-0.39, 0.29) is 11.4 Å². The Morgan fingerprint density at radius 2 is 2.20 bits per heavy atom. The molecule has 0 atom stereocenters. The highest BCUT2D eigenvalue weighted by Crippen LogP contribution is 2.21. The molecule has 0 aliphatic carbocycles. The number of aromatic nitrogens is 2. The van der Waals surface area contributed by atoms with Crippen LogP contribution in [0.4, 0.5) is 5.82 Å². The van der Waals surface area contributed by atoms with Gasteiger partial charge in [-0.15, -0.1) is 0 Å². The number of benzene rings is 1. The fourth-order valence-electron chi connectivity index (χ4n) is 1.62. The maximum Gasteiger partial charge on any atom is 0.338 e. The minimum Gasteiger partial charge on any atom is -0.465 e. The van der Waals surface area contributed by atoms with Crippen LogP contribution in [0.3, 0.4) is 0 Å². The molecule has 0 radical (unpaired) electrons. The van der Waals surface area contributed by atoms with Gasteiger partial charge in [-0.1, -0.05) is 30.0 Å². The van der Waals surface area contributed by atoms with Crippen LogP contribution in [-0.2, 0) is 10.5 Å². The number of nitrogen functional groups attached to an aromatic ring is 1. The molecule has 7 heteroatoms. The molecule has 0 unspecified atom stereocenters. The summed E-state index contributed by atoms with van der Waals surface area (Å²) in [5.41, 5.74) is 6.50. The van der Waals surface area contributed by atoms with E-state index < -0.39 is 5.97 Å². The van der Waals surface area contributed by atoms with E-state index >= 15 is 0 Å². The van der Waals surface area contributed by atoms with Gasteiger partial charge in [-0.3, -0.25) is 4.79 Å². The largest absolute Gasteiger partial charge is 0.465 e. The molecule has 0 amide bonds. The molecule has 2 aromatic rings. The van der Waals surface area contributed by atoms with E-state index in [0.29, 0.717) is 16.5 Å². The maximum absolute atomic E-state index is 11.6. The molecule has 0 saturated heterocycles. The number of aromatic amines is 1. The zero-order valence-corrected chi connectivity index (χ0v) is 11.6. The number of ether oxygens (including phenoxy) is 1. The van der Waals surface area contributed by atoms with Gasteiger partial charge in [0.1, 0.15) is 5.82 Å². The van der Waals surface area contributed by atoms with Crippen LogP contribution in [0.2, 0.25) is 0 Å². The highest BCUT2D eigenvalue weighted by Gasteiger charge is 2.11. The van der Waals surface area contributed by atoms with E-state index in [0.717, 1.165) is 5.56 Å². The Morgan fingerprint density at radius 1 is 1.45 bits per heavy atom. The predicted molar refractivity (Wildman–Crippen MR) is 76.6 cm³/mol. The first-order valence-corrected chi connectivity index (χ1v) is 6.74. The van der Waals surface area contributed by atoms with E-state index in [1.54, 1.807) is 12.1 Å². The van der Waals surface area contributed by atoms with Gasteiger partial charge in [0.15, 0.2) is 5.16 Å². The Hall–Kier alpha value is -2.28. The average molecular weight is 291 g/mol. The quantitative estimate of drug-likeness (QED) is 0.502. The van der Waals surface area contributed by atoms with Crippen molar-refractivity contribution in [3.05, 3.63) is 51.8 Å². The second kappa shape index (κ2) is 6.25. The Kier molecular flexibility index (Phi) is 4.41. The van der Waals surface area contributed by atoms with Gasteiger partial charge < -0.3 is 15.5 Å². The van der Waals surface area contributed by atoms with Crippen LogP contribution in [0.5, 0.6) is 0 Å². The number of nitrogens with two attached hydrogens (primary N) is 1. The summed E-state index contributed by atoms with van der Waals surface area (Å²) in [6.45, 7) is 0. The maximum atomic E-state index is 11.6. The van der Waals surface area contributed by atoms with Crippen LogP contribution >= 0.6 is 11.8 Å². The molecule has 1 aromatic carbocycles. The van der Waals surface area contributed by atoms with E-state index in [9.17, 15) is 9.59 Å². The molecule has 0 spiro atoms. The monoisotopic (exact) mass is 291 g/mol. The molecule has 0 aliphatic rings. The predicted octanol–water partition coefficient (Wildman–Crippen LogP) is 1.43. The second-order valence-electron chi connectivity index (χ2n) is 3.91. The Morgan fingerprint density at radius 3 is 2.90 bits per heavy atom. The van der Waals surface area contributed by atoms with Gasteiger partial charge in [0.2, 0.25) is 0 Å². The summed E-state index contributed by atoms with van der Waals surface area (Å²) < 4.78 is 4.73. The van der Waals surface area contributed by atoms with Gasteiger partial charge in [0.05, 0.1) is 12.7 Å². The number of esters is 1. The summed E-state index contributed by atoms with van der Waals surface area (Å²) in [5, 5.41) is 0.412. The molecule has 0 bridgehead atoms. The van der Waals surface area contributed by atoms with Crippen molar-refractivity contribution in [1.29, 1.82) is 0 Å². The van der Waals surface area contributed by atoms with Crippen LogP contribution < -0.4 is 11.3 Å². The molecule has 2 rings (SSSR count). The van der Waals surface area contributed by atoms with Gasteiger partial charge in [-0.05, 0) is 11.6 Å². The summed E-state index contributed by atoms with van der Waals surface area (Å²) in [5.74, 6) is 0.241. The van der Waals surface area contributed by atoms with Crippen molar-refractivity contribution in [2.75, 3.05) is 12.8 Å². The SMILES string of the molecule is COC(=O)c1ccccc1CSc1nc(N)cc(=O)[nH]1. The van der Waals surface area contributed by atoms with Crippen molar-refractivity contribution < 1.29 is 9.53 Å². The van der Waals surface area contributed by atoms with Gasteiger partial charge in [-0.25, -0.2) is 9.78 Å². The average Bonchev–Trinajstić information content (AvgIpc) is 2.43. The molecule has 0 saturated carbocycles. The summed E-state index contributed by atoms with van der Waals surface area (Å²) >= 11 is 1.29. The molecule has 104 valence electrons. The van der Waals surface area contributed by atoms with Crippen LogP contribution in [-0.4, -0.2) is 23.0 Å². The molecular formula is C13H13N3O3S. The highest BCUT2D eigenvalue weighted by molar-refractivity contribution is 7.98. The summed E-state index contributed by atoms with van der Waals surface area (Å²) in [4.78, 5) is 29.5. The van der Waals surface area contributed by atoms with Crippen molar-refractivity contribution in [2.24, 2.45) is 0 Å². The van der Waals surface area contributed by atoms with Gasteiger partial charge in [-0.2, -0.15) is 0 Å². The zero-order valence-electron chi connectivity index (χ0n) is 10.8. The lowest BCUT2D eigenvalue weighted by atomic mass is 10.1. The van der Waals surface area contributed by atoms with Crippen molar-refractivity contribution >= 4 is 23.5 Å². The molecule has 1 aromatic heterocycles. The topological polar surface area (TPSA) is 98.1 Å². The minimum absolute atomic E-state index is 0.164. The lowest BCUT2D eigenvalue weighted by molar-refractivity contribution is 0.0600. The third-order valence-electron chi connectivity index (χ3n) is 2.53. The van der Waals surface area contributed by atoms with Gasteiger partial charge in [0, 0.05) is 11.8 Å². The van der Waals surface area contributed by atoms with Crippen molar-refractivity contribution in [2.45, 2.75) is 10.9 Å². The van der Waals surface area contributed by atoms with E-state index in [4.69, 9.17) is 10.5 Å². The zero-order chi connectivity index (χ0) is 14.5. The van der Waals surface area contributed by atoms with Gasteiger partial charge >= 0.3 is 5.97 Å². The smallest absolute Gasteiger partial charge is 0.338 e. The van der Waals surface area contributed by atoms with E-state index in [1.807, 2.05) is 12.1 Å². The molecular weight excluding hydrogens is 278 g/mol. The lowest BCUT2D eigenvalue weighted by Gasteiger charge is -2.07. The number of hydrogen-bond acceptors (Lipinski definition) is 6. The van der Waals surface area contributed by atoms with Crippen molar-refractivity contribution in [3.8, 4) is 0 Å². The third-order valence-corrected chi connectivity index (χ3v) is 3.45. The van der Waals surface area contributed by atoms with Gasteiger partial charge in [0.25, 0.3) is 5.56 Å². The first kappa shape index (κ1) is 14.1. The summed E-state index contributed by atoms with van der Waals surface area (Å²) in [6, 6.07) is 8.33. The number of nitrogens with one attached hydrogen (secondary N) is 1. The fourth-order valence-corrected chi connectivity index (χ4v) is 2.51. The number of thioether (sulfide) groups is 1. The van der Waals surface area contributed by atoms with E-state index in [2.05, 4.69) is 9.97 Å². The first-order chi connectivity index (χ1) is 9.60. The standard InChI is InChI=1S/C13H13N3O3S/c1-19-12(18)9-5-3-2-4-8(9)7-20-13-15-10(14)6-11(17)16-13/h2-6H,7H2,1H3,(H3,14,15,16,17). The molecule has 3 N–H and O–H groups in total. The molecule has 20 heavy (non-hydrogen) atoms. The second-order valence-corrected chi connectivity index (χ2v) is 4.88. The van der Waals surface area contributed by atoms with Crippen LogP contribution in [0, 0.1) is 0 Å². The minimum atomic E-state index is -0.393. The molecule has 1 heterocycles. The molecule has 0 fully saturated rings. The Labute approximate surface area is 119 Å². The van der Waals surface area contributed by atoms with Crippen molar-refractivity contribution in [3.63, 3.8) is 0 Å². The number of hydrogen-bond donors (Lipinski definition) is 2. The number of H-pyrrole nitrogens is 1. The number of rotatable bonds is 4. The summed E-state index contributed by atoms with van der Waals surface area (Å²) in [7, 11) is 1.34. The first-order valence-electron chi connectivity index (χ1n) is 5.76. The number of anilines is 1. The Balaban J connectivity index is 2.19. The fraction of sp³-hybridized carbons (Fsp3) is 0.154. The van der Waals surface area contributed by atoms with Crippen LogP contribution in [0.15, 0.2) is 40.3 Å². The van der Waals surface area contributed by atoms with Crippen LogP contribution in [0.1, 0.15) is 15.9 Å². The summed E-state index contributed by atoms with van der Waals surface area (Å²) in [6.07, 6.45) is 0. The van der Waals surface area contributed by atoms with Crippen molar-refractivity contribution in [1.82, 2.24) is 9.97 Å². The Bertz CT molecular complexity index is 685. The highest BCUT2D eigenvalue weighted by atomic mass is 32.2. The van der Waals surface area contributed by atoms with E-state index in [1.165, 1.54) is 24.9 Å². The number of methoxy groups -OCH3 is 1. The lowest BCUT2D eigenvalue weighted by Crippen LogP contribution is -2.10. The normalized spacial score (nSPS) is 10.2.